The summed E-state index contributed by atoms with van der Waals surface area (Å²) in [6.07, 6.45) is -2.55. The standard InChI is InChI=1S/C19H30F3N5O/c1-23-18(24-9-5-11-27-12-6-10-26(2)13-14-27)25-15-16-7-3-4-8-17(16)28-19(20,21)22/h3-4,7-8H,5-6,9-15H2,1-2H3,(H2,23,24,25). The van der Waals surface area contributed by atoms with Gasteiger partial charge in [0.1, 0.15) is 5.75 Å². The Morgan fingerprint density at radius 1 is 1.14 bits per heavy atom. The maximum Gasteiger partial charge on any atom is 0.573 e. The second-order valence-electron chi connectivity index (χ2n) is 6.86. The summed E-state index contributed by atoms with van der Waals surface area (Å²) in [4.78, 5) is 8.94. The number of ether oxygens (including phenoxy) is 1. The van der Waals surface area contributed by atoms with Crippen LogP contribution >= 0.6 is 0 Å². The molecule has 2 N–H and O–H groups in total. The highest BCUT2D eigenvalue weighted by Crippen LogP contribution is 2.25. The van der Waals surface area contributed by atoms with Crippen LogP contribution in [0.15, 0.2) is 29.3 Å². The number of guanidine groups is 1. The Balaban J connectivity index is 1.73. The minimum Gasteiger partial charge on any atom is -0.405 e. The average Bonchev–Trinajstić information content (AvgIpc) is 2.85. The Bertz CT molecular complexity index is 624. The molecular formula is C19H30F3N5O. The summed E-state index contributed by atoms with van der Waals surface area (Å²) < 4.78 is 41.6. The van der Waals surface area contributed by atoms with E-state index in [0.717, 1.165) is 45.7 Å². The second-order valence-corrected chi connectivity index (χ2v) is 6.86. The fourth-order valence-corrected chi connectivity index (χ4v) is 3.11. The largest absolute Gasteiger partial charge is 0.573 e. The number of alkyl halides is 3. The molecule has 1 saturated heterocycles. The molecule has 1 aromatic rings. The minimum absolute atomic E-state index is 0.185. The lowest BCUT2D eigenvalue weighted by Crippen LogP contribution is -2.39. The van der Waals surface area contributed by atoms with Crippen molar-refractivity contribution in [1.29, 1.82) is 0 Å². The molecule has 0 radical (unpaired) electrons. The Morgan fingerprint density at radius 3 is 2.68 bits per heavy atom. The molecule has 0 saturated carbocycles. The van der Waals surface area contributed by atoms with Gasteiger partial charge in [-0.1, -0.05) is 18.2 Å². The zero-order chi connectivity index (χ0) is 20.4. The molecule has 0 spiro atoms. The Morgan fingerprint density at radius 2 is 1.93 bits per heavy atom. The zero-order valence-corrected chi connectivity index (χ0v) is 16.6. The molecule has 0 atom stereocenters. The quantitative estimate of drug-likeness (QED) is 0.417. The lowest BCUT2D eigenvalue weighted by molar-refractivity contribution is -0.274. The van der Waals surface area contributed by atoms with Crippen LogP contribution in [0.1, 0.15) is 18.4 Å². The summed E-state index contributed by atoms with van der Waals surface area (Å²) in [6.45, 7) is 6.38. The van der Waals surface area contributed by atoms with Gasteiger partial charge in [-0.3, -0.25) is 4.99 Å². The third-order valence-electron chi connectivity index (χ3n) is 4.62. The van der Waals surface area contributed by atoms with Crippen LogP contribution < -0.4 is 15.4 Å². The van der Waals surface area contributed by atoms with Crippen molar-refractivity contribution in [3.05, 3.63) is 29.8 Å². The van der Waals surface area contributed by atoms with Crippen molar-refractivity contribution >= 4 is 5.96 Å². The summed E-state index contributed by atoms with van der Waals surface area (Å²) >= 11 is 0. The predicted octanol–water partition coefficient (Wildman–Crippen LogP) is 2.28. The maximum absolute atomic E-state index is 12.5. The van der Waals surface area contributed by atoms with Crippen molar-refractivity contribution in [2.75, 3.05) is 53.4 Å². The molecule has 1 aliphatic rings. The van der Waals surface area contributed by atoms with Crippen LogP contribution in [0.3, 0.4) is 0 Å². The van der Waals surface area contributed by atoms with E-state index in [1.54, 1.807) is 19.2 Å². The van der Waals surface area contributed by atoms with Crippen LogP contribution in [0.5, 0.6) is 5.75 Å². The van der Waals surface area contributed by atoms with Crippen LogP contribution in [0.25, 0.3) is 0 Å². The summed E-state index contributed by atoms with van der Waals surface area (Å²) in [6, 6.07) is 6.09. The molecular weight excluding hydrogens is 371 g/mol. The van der Waals surface area contributed by atoms with E-state index < -0.39 is 6.36 Å². The Hall–Kier alpha value is -2.00. The molecule has 158 valence electrons. The van der Waals surface area contributed by atoms with Crippen LogP contribution in [0.2, 0.25) is 0 Å². The van der Waals surface area contributed by atoms with Gasteiger partial charge in [-0.25, -0.2) is 0 Å². The molecule has 1 heterocycles. The number of halogens is 3. The topological polar surface area (TPSA) is 52.1 Å². The van der Waals surface area contributed by atoms with E-state index in [4.69, 9.17) is 0 Å². The highest BCUT2D eigenvalue weighted by molar-refractivity contribution is 5.79. The zero-order valence-electron chi connectivity index (χ0n) is 16.6. The van der Waals surface area contributed by atoms with Crippen molar-refractivity contribution < 1.29 is 17.9 Å². The van der Waals surface area contributed by atoms with Gasteiger partial charge in [0.05, 0.1) is 0 Å². The van der Waals surface area contributed by atoms with Gasteiger partial charge in [0.15, 0.2) is 5.96 Å². The van der Waals surface area contributed by atoms with Gasteiger partial charge in [-0.05, 0) is 45.6 Å². The summed E-state index contributed by atoms with van der Waals surface area (Å²) in [5.74, 6) is 0.349. The van der Waals surface area contributed by atoms with Crippen molar-refractivity contribution in [2.45, 2.75) is 25.7 Å². The molecule has 1 aromatic carbocycles. The number of aliphatic imine (C=N–C) groups is 1. The first-order valence-electron chi connectivity index (χ1n) is 9.56. The number of nitrogens with one attached hydrogen (secondary N) is 2. The first kappa shape index (κ1) is 22.3. The number of para-hydroxylation sites is 1. The van der Waals surface area contributed by atoms with E-state index in [1.165, 1.54) is 18.6 Å². The number of hydrogen-bond donors (Lipinski definition) is 2. The molecule has 1 aliphatic heterocycles. The number of benzene rings is 1. The summed E-state index contributed by atoms with van der Waals surface area (Å²) in [5.41, 5.74) is 0.413. The van der Waals surface area contributed by atoms with Crippen molar-refractivity contribution in [1.82, 2.24) is 20.4 Å². The van der Waals surface area contributed by atoms with E-state index >= 15 is 0 Å². The molecule has 2 rings (SSSR count). The van der Waals surface area contributed by atoms with Gasteiger partial charge in [-0.15, -0.1) is 13.2 Å². The van der Waals surface area contributed by atoms with E-state index in [2.05, 4.69) is 37.2 Å². The Labute approximate surface area is 164 Å². The van der Waals surface area contributed by atoms with E-state index in [0.29, 0.717) is 11.5 Å². The fraction of sp³-hybridized carbons (Fsp3) is 0.632. The highest BCUT2D eigenvalue weighted by Gasteiger charge is 2.31. The first-order valence-corrected chi connectivity index (χ1v) is 9.56. The third kappa shape index (κ3) is 8.35. The second kappa shape index (κ2) is 11.1. The summed E-state index contributed by atoms with van der Waals surface area (Å²) in [7, 11) is 3.79. The van der Waals surface area contributed by atoms with Crippen LogP contribution in [-0.2, 0) is 6.54 Å². The number of hydrogen-bond acceptors (Lipinski definition) is 4. The van der Waals surface area contributed by atoms with Gasteiger partial charge in [0.25, 0.3) is 0 Å². The third-order valence-corrected chi connectivity index (χ3v) is 4.62. The maximum atomic E-state index is 12.5. The van der Waals surface area contributed by atoms with Crippen molar-refractivity contribution in [2.24, 2.45) is 4.99 Å². The van der Waals surface area contributed by atoms with Gasteiger partial charge in [-0.2, -0.15) is 0 Å². The lowest BCUT2D eigenvalue weighted by Gasteiger charge is -2.20. The molecule has 28 heavy (non-hydrogen) atoms. The van der Waals surface area contributed by atoms with Crippen LogP contribution in [0, 0.1) is 0 Å². The van der Waals surface area contributed by atoms with E-state index in [9.17, 15) is 13.2 Å². The normalized spacial score (nSPS) is 17.2. The van der Waals surface area contributed by atoms with Crippen LogP contribution in [-0.4, -0.2) is 75.5 Å². The van der Waals surface area contributed by atoms with Gasteiger partial charge >= 0.3 is 6.36 Å². The molecule has 0 unspecified atom stereocenters. The number of nitrogens with zero attached hydrogens (tertiary/aromatic N) is 3. The van der Waals surface area contributed by atoms with Crippen molar-refractivity contribution in [3.8, 4) is 5.75 Å². The Kier molecular flexibility index (Phi) is 8.85. The van der Waals surface area contributed by atoms with Gasteiger partial charge in [0.2, 0.25) is 0 Å². The molecule has 0 bridgehead atoms. The highest BCUT2D eigenvalue weighted by atomic mass is 19.4. The average molecular weight is 401 g/mol. The molecule has 6 nitrogen and oxygen atoms in total. The number of rotatable bonds is 7. The molecule has 0 aromatic heterocycles. The summed E-state index contributed by atoms with van der Waals surface area (Å²) in [5, 5.41) is 6.25. The molecule has 1 fully saturated rings. The SMILES string of the molecule is CN=C(NCCCN1CCCN(C)CC1)NCc1ccccc1OC(F)(F)F. The monoisotopic (exact) mass is 401 g/mol. The minimum atomic E-state index is -4.71. The first-order chi connectivity index (χ1) is 13.4. The number of likely N-dealkylation sites (N-methyl/N-ethyl adjacent to an activating group) is 1. The molecule has 0 aliphatic carbocycles. The van der Waals surface area contributed by atoms with Crippen LogP contribution in [0.4, 0.5) is 13.2 Å². The molecule has 0 amide bonds. The van der Waals surface area contributed by atoms with Gasteiger partial charge < -0.3 is 25.2 Å². The smallest absolute Gasteiger partial charge is 0.405 e. The fourth-order valence-electron chi connectivity index (χ4n) is 3.11. The molecule has 9 heteroatoms. The lowest BCUT2D eigenvalue weighted by atomic mass is 10.2. The predicted molar refractivity (Wildman–Crippen MR) is 104 cm³/mol. The van der Waals surface area contributed by atoms with E-state index in [1.807, 2.05) is 0 Å². The van der Waals surface area contributed by atoms with E-state index in [-0.39, 0.29) is 12.3 Å². The van der Waals surface area contributed by atoms with Gasteiger partial charge in [0, 0.05) is 38.8 Å². The van der Waals surface area contributed by atoms with Crippen molar-refractivity contribution in [3.63, 3.8) is 0 Å².